The predicted molar refractivity (Wildman–Crippen MR) is 87.9 cm³/mol. The Morgan fingerprint density at radius 2 is 1.71 bits per heavy atom. The number of carbonyl (C=O) groups is 2. The molecule has 1 amide bonds. The van der Waals surface area contributed by atoms with Crippen molar-refractivity contribution in [3.8, 4) is 0 Å². The third-order valence-electron chi connectivity index (χ3n) is 3.72. The van der Waals surface area contributed by atoms with Gasteiger partial charge in [-0.3, -0.25) is 4.79 Å². The molecule has 0 bridgehead atoms. The Bertz CT molecular complexity index is 536. The highest BCUT2D eigenvalue weighted by Gasteiger charge is 2.35. The standard InChI is InChI=1S/C15H19NO3S2/c1-15(2,14(18)19)16(3)12(17)10-4-6-11(7-5-10)13-20-8-9-21-13/h4-7,13H,8-9H2,1-3H3,(H,18,19). The first-order chi connectivity index (χ1) is 9.84. The average Bonchev–Trinajstić information content (AvgIpc) is 3.00. The van der Waals surface area contributed by atoms with E-state index in [4.69, 9.17) is 0 Å². The molecule has 1 aliphatic rings. The number of aliphatic carboxylic acids is 1. The summed E-state index contributed by atoms with van der Waals surface area (Å²) in [6.45, 7) is 3.04. The van der Waals surface area contributed by atoms with E-state index in [2.05, 4.69) is 0 Å². The summed E-state index contributed by atoms with van der Waals surface area (Å²) in [5.74, 6) is 1.02. The van der Waals surface area contributed by atoms with Crippen molar-refractivity contribution in [2.45, 2.75) is 24.0 Å². The van der Waals surface area contributed by atoms with Gasteiger partial charge in [0.1, 0.15) is 5.54 Å². The van der Waals surface area contributed by atoms with Crippen LogP contribution in [0.1, 0.15) is 34.4 Å². The number of amides is 1. The van der Waals surface area contributed by atoms with Crippen LogP contribution in [0.4, 0.5) is 0 Å². The van der Waals surface area contributed by atoms with Gasteiger partial charge in [-0.05, 0) is 31.5 Å². The molecule has 0 aliphatic carbocycles. The summed E-state index contributed by atoms with van der Waals surface area (Å²) in [5, 5.41) is 9.20. The van der Waals surface area contributed by atoms with Gasteiger partial charge in [0.15, 0.2) is 0 Å². The lowest BCUT2D eigenvalue weighted by Crippen LogP contribution is -2.50. The molecule has 114 valence electrons. The van der Waals surface area contributed by atoms with Crippen molar-refractivity contribution in [3.63, 3.8) is 0 Å². The first-order valence-electron chi connectivity index (χ1n) is 6.69. The molecule has 0 unspecified atom stereocenters. The van der Waals surface area contributed by atoms with Crippen molar-refractivity contribution in [1.29, 1.82) is 0 Å². The minimum Gasteiger partial charge on any atom is -0.480 e. The second kappa shape index (κ2) is 6.32. The Morgan fingerprint density at radius 1 is 1.19 bits per heavy atom. The van der Waals surface area contributed by atoms with Crippen molar-refractivity contribution in [2.24, 2.45) is 0 Å². The first-order valence-corrected chi connectivity index (χ1v) is 8.78. The van der Waals surface area contributed by atoms with E-state index >= 15 is 0 Å². The second-order valence-electron chi connectivity index (χ2n) is 5.42. The lowest BCUT2D eigenvalue weighted by atomic mass is 10.0. The van der Waals surface area contributed by atoms with Crippen molar-refractivity contribution < 1.29 is 14.7 Å². The molecule has 0 spiro atoms. The minimum atomic E-state index is -1.23. The number of rotatable bonds is 4. The number of hydrogen-bond donors (Lipinski definition) is 1. The van der Waals surface area contributed by atoms with Crippen LogP contribution in [-0.2, 0) is 4.79 Å². The van der Waals surface area contributed by atoms with Gasteiger partial charge in [-0.1, -0.05) is 12.1 Å². The van der Waals surface area contributed by atoms with Gasteiger partial charge in [-0.2, -0.15) is 0 Å². The largest absolute Gasteiger partial charge is 0.480 e. The van der Waals surface area contributed by atoms with E-state index in [1.807, 2.05) is 35.7 Å². The van der Waals surface area contributed by atoms with Gasteiger partial charge in [-0.25, -0.2) is 4.79 Å². The number of benzene rings is 1. The number of likely N-dealkylation sites (N-methyl/N-ethyl adjacent to an activating group) is 1. The zero-order valence-corrected chi connectivity index (χ0v) is 14.0. The van der Waals surface area contributed by atoms with Gasteiger partial charge in [0, 0.05) is 24.1 Å². The topological polar surface area (TPSA) is 57.6 Å². The summed E-state index contributed by atoms with van der Waals surface area (Å²) in [4.78, 5) is 24.9. The van der Waals surface area contributed by atoms with Gasteiger partial charge in [0.2, 0.25) is 0 Å². The highest BCUT2D eigenvalue weighted by Crippen LogP contribution is 2.45. The molecule has 6 heteroatoms. The number of carboxylic acids is 1. The number of carbonyl (C=O) groups excluding carboxylic acids is 1. The lowest BCUT2D eigenvalue weighted by Gasteiger charge is -2.31. The highest BCUT2D eigenvalue weighted by molar-refractivity contribution is 8.19. The summed E-state index contributed by atoms with van der Waals surface area (Å²) in [5.41, 5.74) is 0.496. The van der Waals surface area contributed by atoms with Crippen LogP contribution < -0.4 is 0 Å². The van der Waals surface area contributed by atoms with Crippen LogP contribution in [0.3, 0.4) is 0 Å². The molecule has 0 radical (unpaired) electrons. The van der Waals surface area contributed by atoms with Crippen LogP contribution in [0.5, 0.6) is 0 Å². The van der Waals surface area contributed by atoms with E-state index in [0.29, 0.717) is 10.1 Å². The fraction of sp³-hybridized carbons (Fsp3) is 0.467. The Hall–Kier alpha value is -1.14. The summed E-state index contributed by atoms with van der Waals surface area (Å²) in [6, 6.07) is 7.49. The fourth-order valence-electron chi connectivity index (χ4n) is 1.92. The summed E-state index contributed by atoms with van der Waals surface area (Å²) in [6.07, 6.45) is 0. The van der Waals surface area contributed by atoms with Crippen LogP contribution >= 0.6 is 23.5 Å². The summed E-state index contributed by atoms with van der Waals surface area (Å²) >= 11 is 3.83. The molecule has 0 atom stereocenters. The quantitative estimate of drug-likeness (QED) is 0.922. The molecular formula is C15H19NO3S2. The van der Waals surface area contributed by atoms with Gasteiger partial charge in [-0.15, -0.1) is 23.5 Å². The highest BCUT2D eigenvalue weighted by atomic mass is 32.2. The molecule has 2 rings (SSSR count). The molecule has 1 aromatic rings. The van der Waals surface area contributed by atoms with Crippen molar-refractivity contribution in [3.05, 3.63) is 35.4 Å². The maximum absolute atomic E-state index is 12.4. The number of thioether (sulfide) groups is 2. The summed E-state index contributed by atoms with van der Waals surface area (Å²) in [7, 11) is 1.52. The van der Waals surface area contributed by atoms with Crippen LogP contribution in [0.15, 0.2) is 24.3 Å². The molecule has 21 heavy (non-hydrogen) atoms. The van der Waals surface area contributed by atoms with E-state index in [0.717, 1.165) is 11.5 Å². The average molecular weight is 325 g/mol. The van der Waals surface area contributed by atoms with E-state index in [9.17, 15) is 14.7 Å². The minimum absolute atomic E-state index is 0.277. The van der Waals surface area contributed by atoms with E-state index < -0.39 is 11.5 Å². The molecule has 1 saturated heterocycles. The molecule has 1 N–H and O–H groups in total. The normalized spacial score (nSPS) is 16.0. The first kappa shape index (κ1) is 16.2. The molecular weight excluding hydrogens is 306 g/mol. The SMILES string of the molecule is CN(C(=O)c1ccc(C2SCCS2)cc1)C(C)(C)C(=O)O. The lowest BCUT2D eigenvalue weighted by molar-refractivity contribution is -0.147. The van der Waals surface area contributed by atoms with Crippen LogP contribution in [0, 0.1) is 0 Å². The van der Waals surface area contributed by atoms with Gasteiger partial charge < -0.3 is 10.0 Å². The third-order valence-corrected chi connectivity index (χ3v) is 6.82. The van der Waals surface area contributed by atoms with Gasteiger partial charge >= 0.3 is 5.97 Å². The summed E-state index contributed by atoms with van der Waals surface area (Å²) < 4.78 is 0.447. The third kappa shape index (κ3) is 3.37. The maximum Gasteiger partial charge on any atom is 0.329 e. The van der Waals surface area contributed by atoms with Crippen molar-refractivity contribution in [1.82, 2.24) is 4.90 Å². The molecule has 1 heterocycles. The van der Waals surface area contributed by atoms with Crippen molar-refractivity contribution in [2.75, 3.05) is 18.6 Å². The number of carboxylic acid groups (broad SMARTS) is 1. The fourth-order valence-corrected chi connectivity index (χ4v) is 4.78. The van der Waals surface area contributed by atoms with E-state index in [-0.39, 0.29) is 5.91 Å². The molecule has 0 saturated carbocycles. The Labute approximate surface area is 133 Å². The van der Waals surface area contributed by atoms with Gasteiger partial charge in [0.05, 0.1) is 4.58 Å². The Balaban J connectivity index is 2.14. The van der Waals surface area contributed by atoms with E-state index in [1.54, 1.807) is 12.1 Å². The van der Waals surface area contributed by atoms with E-state index in [1.165, 1.54) is 31.4 Å². The van der Waals surface area contributed by atoms with Crippen LogP contribution in [0.2, 0.25) is 0 Å². The Kier molecular flexibility index (Phi) is 4.88. The maximum atomic E-state index is 12.4. The molecule has 1 fully saturated rings. The monoisotopic (exact) mass is 325 g/mol. The number of nitrogens with zero attached hydrogens (tertiary/aromatic N) is 1. The smallest absolute Gasteiger partial charge is 0.329 e. The number of hydrogen-bond acceptors (Lipinski definition) is 4. The molecule has 4 nitrogen and oxygen atoms in total. The zero-order valence-electron chi connectivity index (χ0n) is 12.3. The molecule has 1 aliphatic heterocycles. The second-order valence-corrected chi connectivity index (χ2v) is 8.15. The van der Waals surface area contributed by atoms with Crippen molar-refractivity contribution >= 4 is 35.4 Å². The predicted octanol–water partition coefficient (Wildman–Crippen LogP) is 3.10. The zero-order chi connectivity index (χ0) is 15.6. The van der Waals surface area contributed by atoms with Crippen LogP contribution in [-0.4, -0.2) is 46.0 Å². The molecule has 0 aromatic heterocycles. The van der Waals surface area contributed by atoms with Crippen LogP contribution in [0.25, 0.3) is 0 Å². The molecule has 1 aromatic carbocycles. The Morgan fingerprint density at radius 3 is 2.19 bits per heavy atom. The van der Waals surface area contributed by atoms with Gasteiger partial charge in [0.25, 0.3) is 5.91 Å².